The van der Waals surface area contributed by atoms with Gasteiger partial charge in [-0.05, 0) is 95.6 Å². The van der Waals surface area contributed by atoms with Crippen molar-refractivity contribution in [3.8, 4) is 0 Å². The Bertz CT molecular complexity index is 995. The fourth-order valence-electron chi connectivity index (χ4n) is 10.2. The van der Waals surface area contributed by atoms with Crippen LogP contribution in [-0.4, -0.2) is 84.9 Å². The van der Waals surface area contributed by atoms with Crippen LogP contribution in [0.4, 0.5) is 0 Å². The minimum absolute atomic E-state index is 0.00663. The van der Waals surface area contributed by atoms with E-state index >= 15 is 0 Å². The van der Waals surface area contributed by atoms with Crippen LogP contribution in [-0.2, 0) is 19.1 Å². The smallest absolute Gasteiger partial charge is 0.305 e. The van der Waals surface area contributed by atoms with E-state index in [0.717, 1.165) is 84.1 Å². The average molecular weight is 948 g/mol. The Morgan fingerprint density at radius 3 is 1.15 bits per heavy atom. The fraction of sp³-hybridized carbons (Fsp3) is 0.967. The highest BCUT2D eigenvalue weighted by Crippen LogP contribution is 2.26. The van der Waals surface area contributed by atoms with Gasteiger partial charge in [-0.2, -0.15) is 0 Å². The highest BCUT2D eigenvalue weighted by Gasteiger charge is 2.27. The molecule has 1 rings (SSSR count). The first-order chi connectivity index (χ1) is 32.9. The maximum absolute atomic E-state index is 12.9. The van der Waals surface area contributed by atoms with Gasteiger partial charge in [-0.3, -0.25) is 14.5 Å². The van der Waals surface area contributed by atoms with Gasteiger partial charge in [-0.15, -0.1) is 0 Å². The molecule has 1 saturated carbocycles. The van der Waals surface area contributed by atoms with Crippen molar-refractivity contribution in [3.63, 3.8) is 0 Å². The van der Waals surface area contributed by atoms with Gasteiger partial charge in [0.05, 0.1) is 19.3 Å². The van der Waals surface area contributed by atoms with Crippen molar-refractivity contribution in [1.29, 1.82) is 0 Å². The summed E-state index contributed by atoms with van der Waals surface area (Å²) in [5.74, 6) is 1.01. The van der Waals surface area contributed by atoms with Crippen molar-refractivity contribution >= 4 is 11.9 Å². The Morgan fingerprint density at radius 1 is 0.433 bits per heavy atom. The number of hydrogen-bond acceptors (Lipinski definition) is 7. The summed E-state index contributed by atoms with van der Waals surface area (Å²) in [5, 5.41) is 11.1. The zero-order valence-electron chi connectivity index (χ0n) is 45.9. The summed E-state index contributed by atoms with van der Waals surface area (Å²) in [4.78, 5) is 31.1. The molecule has 0 amide bonds. The van der Waals surface area contributed by atoms with E-state index < -0.39 is 0 Å². The Hall–Kier alpha value is -1.18. The van der Waals surface area contributed by atoms with E-state index in [4.69, 9.17) is 9.47 Å². The number of carbonyl (C=O) groups is 2. The molecule has 0 aromatic carbocycles. The van der Waals surface area contributed by atoms with Gasteiger partial charge in [0.15, 0.2) is 0 Å². The van der Waals surface area contributed by atoms with Gasteiger partial charge in [0.25, 0.3) is 0 Å². The summed E-state index contributed by atoms with van der Waals surface area (Å²) in [6, 6.07) is 0.613. The van der Waals surface area contributed by atoms with Gasteiger partial charge in [0, 0.05) is 38.5 Å². The van der Waals surface area contributed by atoms with Crippen LogP contribution in [0.5, 0.6) is 0 Å². The zero-order chi connectivity index (χ0) is 48.7. The Balaban J connectivity index is 2.66. The molecule has 1 aliphatic carbocycles. The first kappa shape index (κ1) is 63.8. The third-order valence-electron chi connectivity index (χ3n) is 15.2. The molecule has 0 bridgehead atoms. The zero-order valence-corrected chi connectivity index (χ0v) is 45.9. The average Bonchev–Trinajstić information content (AvgIpc) is 3.30. The molecule has 67 heavy (non-hydrogen) atoms. The Kier molecular flexibility index (Phi) is 46.2. The minimum Gasteiger partial charge on any atom is -0.465 e. The maximum atomic E-state index is 12.9. The molecule has 0 aliphatic heterocycles. The monoisotopic (exact) mass is 947 g/mol. The molecule has 3 unspecified atom stereocenters. The van der Waals surface area contributed by atoms with Crippen molar-refractivity contribution in [2.45, 2.75) is 316 Å². The van der Waals surface area contributed by atoms with Gasteiger partial charge in [-0.1, -0.05) is 221 Å². The van der Waals surface area contributed by atoms with E-state index in [0.29, 0.717) is 43.9 Å². The second kappa shape index (κ2) is 48.4. The van der Waals surface area contributed by atoms with Crippen LogP contribution in [0.3, 0.4) is 0 Å². The van der Waals surface area contributed by atoms with Gasteiger partial charge in [0.1, 0.15) is 0 Å². The number of aliphatic hydroxyl groups excluding tert-OH is 1. The molecule has 3 atom stereocenters. The molecule has 0 saturated heterocycles. The molecular formula is C60H118N2O5. The summed E-state index contributed by atoms with van der Waals surface area (Å²) in [6.45, 7) is 17.5. The van der Waals surface area contributed by atoms with Crippen molar-refractivity contribution in [2.24, 2.45) is 11.8 Å². The lowest BCUT2D eigenvalue weighted by atomic mass is 9.91. The molecule has 0 radical (unpaired) electrons. The van der Waals surface area contributed by atoms with Gasteiger partial charge >= 0.3 is 11.9 Å². The quantitative estimate of drug-likeness (QED) is 0.0481. The molecule has 0 aromatic heterocycles. The second-order valence-electron chi connectivity index (χ2n) is 21.7. The topological polar surface area (TPSA) is 79.3 Å². The van der Waals surface area contributed by atoms with Crippen LogP contribution in [0, 0.1) is 11.8 Å². The third kappa shape index (κ3) is 40.1. The second-order valence-corrected chi connectivity index (χ2v) is 21.7. The molecule has 0 aromatic rings. The number of rotatable bonds is 53. The van der Waals surface area contributed by atoms with Crippen molar-refractivity contribution in [1.82, 2.24) is 9.80 Å². The predicted octanol–water partition coefficient (Wildman–Crippen LogP) is 17.1. The number of carbonyl (C=O) groups excluding carboxylic acids is 2. The lowest BCUT2D eigenvalue weighted by Gasteiger charge is -2.39. The first-order valence-corrected chi connectivity index (χ1v) is 30.3. The summed E-state index contributed by atoms with van der Waals surface area (Å²) in [5.41, 5.74) is 0. The van der Waals surface area contributed by atoms with E-state index in [1.807, 2.05) is 0 Å². The van der Waals surface area contributed by atoms with E-state index in [1.165, 1.54) is 205 Å². The van der Waals surface area contributed by atoms with E-state index in [-0.39, 0.29) is 18.0 Å². The largest absolute Gasteiger partial charge is 0.465 e. The lowest BCUT2D eigenvalue weighted by molar-refractivity contribution is -0.146. The highest BCUT2D eigenvalue weighted by molar-refractivity contribution is 5.69. The van der Waals surface area contributed by atoms with Crippen molar-refractivity contribution < 1.29 is 24.2 Å². The maximum Gasteiger partial charge on any atom is 0.305 e. The number of esters is 2. The predicted molar refractivity (Wildman–Crippen MR) is 289 cm³/mol. The number of aliphatic hydroxyl groups is 1. The van der Waals surface area contributed by atoms with Crippen LogP contribution in [0.15, 0.2) is 0 Å². The number of unbranched alkanes of at least 4 members (excludes halogenated alkanes) is 25. The molecule has 1 fully saturated rings. The number of hydrogen-bond donors (Lipinski definition) is 1. The summed E-state index contributed by atoms with van der Waals surface area (Å²) in [7, 11) is 0. The molecule has 1 N–H and O–H groups in total. The molecule has 7 nitrogen and oxygen atoms in total. The highest BCUT2D eigenvalue weighted by atomic mass is 16.5. The van der Waals surface area contributed by atoms with E-state index in [2.05, 4.69) is 44.4 Å². The van der Waals surface area contributed by atoms with Gasteiger partial charge in [0.2, 0.25) is 0 Å². The Morgan fingerprint density at radius 2 is 0.776 bits per heavy atom. The van der Waals surface area contributed by atoms with Crippen molar-refractivity contribution in [2.75, 3.05) is 45.9 Å². The summed E-state index contributed by atoms with van der Waals surface area (Å²) in [6.07, 6.45) is 50.0. The normalized spacial score (nSPS) is 14.4. The molecule has 0 heterocycles. The summed E-state index contributed by atoms with van der Waals surface area (Å²) < 4.78 is 11.9. The van der Waals surface area contributed by atoms with Crippen molar-refractivity contribution in [3.05, 3.63) is 0 Å². The summed E-state index contributed by atoms with van der Waals surface area (Å²) >= 11 is 0. The van der Waals surface area contributed by atoms with E-state index in [9.17, 15) is 14.7 Å². The van der Waals surface area contributed by atoms with Crippen LogP contribution < -0.4 is 0 Å². The molecule has 398 valence electrons. The molecule has 7 heteroatoms. The lowest BCUT2D eigenvalue weighted by Crippen LogP contribution is -2.47. The molecule has 0 spiro atoms. The van der Waals surface area contributed by atoms with E-state index in [1.54, 1.807) is 0 Å². The van der Waals surface area contributed by atoms with Gasteiger partial charge < -0.3 is 19.5 Å². The minimum atomic E-state index is -0.237. The first-order valence-electron chi connectivity index (χ1n) is 30.3. The Labute approximate surface area is 418 Å². The molecular weight excluding hydrogens is 829 g/mol. The van der Waals surface area contributed by atoms with Crippen LogP contribution in [0.1, 0.15) is 304 Å². The van der Waals surface area contributed by atoms with Crippen LogP contribution >= 0.6 is 0 Å². The number of nitrogens with zero attached hydrogens (tertiary/aromatic N) is 2. The SMILES string of the molecule is CCCCCCCCC(O)CN(CCN(CCCCCC(=O)OCC(CCCCCC)CCCCCCCC)CCCCCC(=O)OCC(CCCCCC)CCCCCCCC)C1CCC1. The van der Waals surface area contributed by atoms with Crippen LogP contribution in [0.2, 0.25) is 0 Å². The molecule has 1 aliphatic rings. The van der Waals surface area contributed by atoms with Crippen LogP contribution in [0.25, 0.3) is 0 Å². The third-order valence-corrected chi connectivity index (χ3v) is 15.2. The standard InChI is InChI=1S/C60H118N2O5/c1-6-11-16-21-24-31-41-55(39-29-19-14-9-4)53-66-59(64)46-34-27-36-48-61(50-51-62(57-43-38-44-57)52-58(63)45-33-26-23-18-13-8-3)49-37-28-35-47-60(65)67-54-56(40-30-20-15-10-5)42-32-25-22-17-12-7-2/h55-58,63H,6-54H2,1-5H3. The van der Waals surface area contributed by atoms with Gasteiger partial charge in [-0.25, -0.2) is 0 Å². The fourth-order valence-corrected chi connectivity index (χ4v) is 10.2. The number of ether oxygens (including phenoxy) is 2.